The molecule has 0 saturated heterocycles. The maximum Gasteiger partial charge on any atom is 0.0862 e. The number of hydrogen-bond acceptors (Lipinski definition) is 2. The number of benzene rings is 1. The Labute approximate surface area is 236 Å². The fourth-order valence-electron chi connectivity index (χ4n) is 6.68. The highest BCUT2D eigenvalue weighted by Crippen LogP contribution is 2.30. The van der Waals surface area contributed by atoms with Crippen LogP contribution in [0.15, 0.2) is 30.3 Å². The Balaban J connectivity index is 2.10. The second kappa shape index (κ2) is 21.3. The SMILES string of the molecule is CC(CCCCl)CC(C)CC(C)CC(C)CC(C)CC(C)CC(C)CCCOOCCc1ccccc1. The van der Waals surface area contributed by atoms with Crippen LogP contribution in [-0.2, 0) is 16.2 Å². The van der Waals surface area contributed by atoms with Gasteiger partial charge in [-0.05, 0) is 118 Å². The van der Waals surface area contributed by atoms with Gasteiger partial charge in [-0.2, -0.15) is 0 Å². The van der Waals surface area contributed by atoms with Crippen LogP contribution in [0.1, 0.15) is 118 Å². The second-order valence-corrected chi connectivity index (χ2v) is 13.4. The van der Waals surface area contributed by atoms with Crippen LogP contribution >= 0.6 is 11.6 Å². The Morgan fingerprint density at radius 3 is 1.41 bits per heavy atom. The summed E-state index contributed by atoms with van der Waals surface area (Å²) in [6, 6.07) is 10.4. The first-order chi connectivity index (χ1) is 17.7. The van der Waals surface area contributed by atoms with Crippen molar-refractivity contribution in [2.24, 2.45) is 41.4 Å². The van der Waals surface area contributed by atoms with E-state index in [4.69, 9.17) is 21.4 Å². The molecule has 0 spiro atoms. The standard InChI is InChI=1S/C34H61ClO2/c1-27(13-11-18-35)21-29(3)23-31(5)25-33(7)26-32(6)24-30(4)22-28(2)14-12-19-36-37-20-17-34-15-9-8-10-16-34/h8-10,15-16,27-33H,11-14,17-26H2,1-7H3. The smallest absolute Gasteiger partial charge is 0.0862 e. The normalized spacial score (nSPS) is 17.6. The van der Waals surface area contributed by atoms with Crippen molar-refractivity contribution in [2.45, 2.75) is 119 Å². The summed E-state index contributed by atoms with van der Waals surface area (Å²) in [7, 11) is 0. The predicted octanol–water partition coefficient (Wildman–Crippen LogP) is 10.8. The monoisotopic (exact) mass is 536 g/mol. The molecule has 37 heavy (non-hydrogen) atoms. The van der Waals surface area contributed by atoms with Gasteiger partial charge in [0.1, 0.15) is 0 Å². The van der Waals surface area contributed by atoms with Crippen LogP contribution in [0.5, 0.6) is 0 Å². The summed E-state index contributed by atoms with van der Waals surface area (Å²) in [6.07, 6.45) is 13.8. The lowest BCUT2D eigenvalue weighted by Gasteiger charge is -2.26. The molecular formula is C34H61ClO2. The molecule has 0 aliphatic heterocycles. The Hall–Kier alpha value is -0.570. The Bertz CT molecular complexity index is 636. The van der Waals surface area contributed by atoms with E-state index in [0.29, 0.717) is 13.2 Å². The molecule has 3 heteroatoms. The van der Waals surface area contributed by atoms with Gasteiger partial charge in [0.15, 0.2) is 0 Å². The Kier molecular flexibility index (Phi) is 19.8. The molecule has 0 amide bonds. The fourth-order valence-corrected chi connectivity index (χ4v) is 6.83. The first-order valence-electron chi connectivity index (χ1n) is 15.5. The van der Waals surface area contributed by atoms with Gasteiger partial charge in [-0.1, -0.05) is 78.8 Å². The van der Waals surface area contributed by atoms with Crippen molar-refractivity contribution in [3.8, 4) is 0 Å². The van der Waals surface area contributed by atoms with Gasteiger partial charge in [0, 0.05) is 5.88 Å². The highest BCUT2D eigenvalue weighted by Gasteiger charge is 2.18. The van der Waals surface area contributed by atoms with E-state index in [2.05, 4.69) is 72.7 Å². The van der Waals surface area contributed by atoms with Crippen LogP contribution in [-0.4, -0.2) is 19.1 Å². The van der Waals surface area contributed by atoms with Crippen molar-refractivity contribution in [3.63, 3.8) is 0 Å². The first kappa shape index (κ1) is 34.5. The van der Waals surface area contributed by atoms with Crippen LogP contribution in [0.25, 0.3) is 0 Å². The summed E-state index contributed by atoms with van der Waals surface area (Å²) < 4.78 is 0. The molecule has 7 unspecified atom stereocenters. The Morgan fingerprint density at radius 2 is 0.946 bits per heavy atom. The highest BCUT2D eigenvalue weighted by molar-refractivity contribution is 6.17. The summed E-state index contributed by atoms with van der Waals surface area (Å²) in [6.45, 7) is 18.5. The summed E-state index contributed by atoms with van der Waals surface area (Å²) >= 11 is 5.87. The molecule has 0 bridgehead atoms. The lowest BCUT2D eigenvalue weighted by atomic mass is 9.80. The molecule has 1 aromatic carbocycles. The zero-order valence-corrected chi connectivity index (χ0v) is 26.3. The van der Waals surface area contributed by atoms with Gasteiger partial charge in [0.2, 0.25) is 0 Å². The van der Waals surface area contributed by atoms with Crippen molar-refractivity contribution in [3.05, 3.63) is 35.9 Å². The number of hydrogen-bond donors (Lipinski definition) is 0. The quantitative estimate of drug-likeness (QED) is 0.0599. The highest BCUT2D eigenvalue weighted by atomic mass is 35.5. The van der Waals surface area contributed by atoms with Crippen molar-refractivity contribution in [2.75, 3.05) is 19.1 Å². The fraction of sp³-hybridized carbons (Fsp3) is 0.824. The number of alkyl halides is 1. The molecular weight excluding hydrogens is 476 g/mol. The summed E-state index contributed by atoms with van der Waals surface area (Å²) in [5.74, 6) is 6.48. The van der Waals surface area contributed by atoms with E-state index in [-0.39, 0.29) is 0 Å². The molecule has 0 fully saturated rings. The average Bonchev–Trinajstić information content (AvgIpc) is 2.82. The van der Waals surface area contributed by atoms with E-state index in [1.54, 1.807) is 0 Å². The maximum absolute atomic E-state index is 5.87. The van der Waals surface area contributed by atoms with Crippen molar-refractivity contribution < 1.29 is 9.78 Å². The number of rotatable bonds is 23. The third-order valence-electron chi connectivity index (χ3n) is 7.98. The van der Waals surface area contributed by atoms with Crippen LogP contribution in [0.4, 0.5) is 0 Å². The summed E-state index contributed by atoms with van der Waals surface area (Å²) in [4.78, 5) is 10.8. The average molecular weight is 537 g/mol. The maximum atomic E-state index is 5.87. The van der Waals surface area contributed by atoms with E-state index in [9.17, 15) is 0 Å². The van der Waals surface area contributed by atoms with Gasteiger partial charge >= 0.3 is 0 Å². The van der Waals surface area contributed by atoms with Crippen LogP contribution in [0, 0.1) is 41.4 Å². The minimum absolute atomic E-state index is 0.624. The van der Waals surface area contributed by atoms with Crippen molar-refractivity contribution in [1.82, 2.24) is 0 Å². The van der Waals surface area contributed by atoms with Gasteiger partial charge in [-0.15, -0.1) is 11.6 Å². The van der Waals surface area contributed by atoms with Gasteiger partial charge in [-0.3, -0.25) is 0 Å². The Morgan fingerprint density at radius 1 is 0.541 bits per heavy atom. The lowest BCUT2D eigenvalue weighted by Crippen LogP contribution is -2.14. The lowest BCUT2D eigenvalue weighted by molar-refractivity contribution is -0.294. The molecule has 7 atom stereocenters. The van der Waals surface area contributed by atoms with Crippen LogP contribution in [0.3, 0.4) is 0 Å². The van der Waals surface area contributed by atoms with Crippen LogP contribution in [0.2, 0.25) is 0 Å². The molecule has 2 nitrogen and oxygen atoms in total. The minimum atomic E-state index is 0.624. The molecule has 0 aliphatic rings. The molecule has 0 radical (unpaired) electrons. The zero-order valence-electron chi connectivity index (χ0n) is 25.5. The molecule has 0 saturated carbocycles. The van der Waals surface area contributed by atoms with E-state index in [1.807, 2.05) is 6.07 Å². The van der Waals surface area contributed by atoms with E-state index >= 15 is 0 Å². The summed E-state index contributed by atoms with van der Waals surface area (Å²) in [5.41, 5.74) is 1.29. The van der Waals surface area contributed by atoms with Crippen LogP contribution < -0.4 is 0 Å². The summed E-state index contributed by atoms with van der Waals surface area (Å²) in [5, 5.41) is 0. The molecule has 1 aromatic rings. The van der Waals surface area contributed by atoms with E-state index in [1.165, 1.54) is 56.9 Å². The first-order valence-corrected chi connectivity index (χ1v) is 16.1. The molecule has 216 valence electrons. The largest absolute Gasteiger partial charge is 0.237 e. The van der Waals surface area contributed by atoms with Crippen molar-refractivity contribution in [1.29, 1.82) is 0 Å². The third kappa shape index (κ3) is 19.2. The van der Waals surface area contributed by atoms with E-state index < -0.39 is 0 Å². The topological polar surface area (TPSA) is 18.5 Å². The molecule has 0 aromatic heterocycles. The van der Waals surface area contributed by atoms with Gasteiger partial charge < -0.3 is 0 Å². The zero-order chi connectivity index (χ0) is 27.5. The van der Waals surface area contributed by atoms with Gasteiger partial charge in [0.25, 0.3) is 0 Å². The predicted molar refractivity (Wildman–Crippen MR) is 163 cm³/mol. The molecule has 0 heterocycles. The minimum Gasteiger partial charge on any atom is -0.237 e. The van der Waals surface area contributed by atoms with Gasteiger partial charge in [0.05, 0.1) is 13.2 Å². The van der Waals surface area contributed by atoms with E-state index in [0.717, 1.165) is 66.6 Å². The molecule has 0 aliphatic carbocycles. The second-order valence-electron chi connectivity index (χ2n) is 13.0. The number of halogens is 1. The molecule has 0 N–H and O–H groups in total. The third-order valence-corrected chi connectivity index (χ3v) is 8.25. The van der Waals surface area contributed by atoms with Crippen molar-refractivity contribution >= 4 is 11.6 Å². The van der Waals surface area contributed by atoms with Gasteiger partial charge in [-0.25, -0.2) is 9.78 Å². The molecule has 1 rings (SSSR count).